The van der Waals surface area contributed by atoms with Crippen LogP contribution in [0.3, 0.4) is 0 Å². The number of halogens is 2. The van der Waals surface area contributed by atoms with Crippen molar-refractivity contribution in [2.75, 3.05) is 13.1 Å². The van der Waals surface area contributed by atoms with Crippen molar-refractivity contribution in [3.63, 3.8) is 0 Å². The predicted octanol–water partition coefficient (Wildman–Crippen LogP) is 4.68. The molecule has 1 aliphatic heterocycles. The molecule has 4 heterocycles. The molecule has 3 aromatic heterocycles. The van der Waals surface area contributed by atoms with E-state index in [4.69, 9.17) is 9.15 Å². The third kappa shape index (κ3) is 2.81. The Morgan fingerprint density at radius 2 is 2.15 bits per heavy atom. The van der Waals surface area contributed by atoms with Crippen LogP contribution in [0.25, 0.3) is 21.3 Å². The van der Waals surface area contributed by atoms with Crippen LogP contribution in [0.15, 0.2) is 47.2 Å². The van der Waals surface area contributed by atoms with Gasteiger partial charge in [-0.05, 0) is 24.3 Å². The van der Waals surface area contributed by atoms with Gasteiger partial charge in [-0.2, -0.15) is 4.98 Å². The van der Waals surface area contributed by atoms with Crippen molar-refractivity contribution in [1.29, 1.82) is 0 Å². The quantitative estimate of drug-likeness (QED) is 0.520. The van der Waals surface area contributed by atoms with Crippen LogP contribution in [0, 0.1) is 0 Å². The molecule has 0 unspecified atom stereocenters. The molecule has 0 bridgehead atoms. The first-order valence-electron chi connectivity index (χ1n) is 8.05. The normalized spacial score (nSPS) is 16.8. The van der Waals surface area contributed by atoms with E-state index < -0.39 is 5.92 Å². The molecule has 1 aromatic carbocycles. The average molecular weight is 373 g/mol. The van der Waals surface area contributed by atoms with Crippen molar-refractivity contribution in [1.82, 2.24) is 14.9 Å². The van der Waals surface area contributed by atoms with Gasteiger partial charge in [-0.15, -0.1) is 0 Å². The molecule has 0 aliphatic carbocycles. The molecule has 1 aliphatic rings. The first kappa shape index (κ1) is 15.7. The Morgan fingerprint density at radius 3 is 2.96 bits per heavy atom. The Bertz CT molecular complexity index is 1070. The number of likely N-dealkylation sites (tertiary alicyclic amines) is 1. The van der Waals surface area contributed by atoms with Crippen molar-refractivity contribution in [3.05, 3.63) is 48.4 Å². The molecule has 0 amide bonds. The van der Waals surface area contributed by atoms with Gasteiger partial charge in [-0.3, -0.25) is 4.90 Å². The van der Waals surface area contributed by atoms with Crippen LogP contribution in [0.5, 0.6) is 10.9 Å². The summed E-state index contributed by atoms with van der Waals surface area (Å²) >= 11 is 1.42. The third-order valence-corrected chi connectivity index (χ3v) is 5.17. The number of benzene rings is 1. The van der Waals surface area contributed by atoms with E-state index in [0.29, 0.717) is 28.7 Å². The number of hydrogen-bond acceptors (Lipinski definition) is 6. The number of ether oxygens (including phenoxy) is 1. The fourth-order valence-electron chi connectivity index (χ4n) is 3.10. The van der Waals surface area contributed by atoms with Gasteiger partial charge in [0.25, 0.3) is 11.1 Å². The molecule has 0 radical (unpaired) electrons. The lowest BCUT2D eigenvalue weighted by atomic mass is 10.1. The lowest BCUT2D eigenvalue weighted by molar-refractivity contribution is -0.133. The van der Waals surface area contributed by atoms with Gasteiger partial charge in [0.2, 0.25) is 0 Å². The molecule has 1 fully saturated rings. The molecule has 26 heavy (non-hydrogen) atoms. The Kier molecular flexibility index (Phi) is 3.44. The van der Waals surface area contributed by atoms with E-state index in [-0.39, 0.29) is 13.1 Å². The highest BCUT2D eigenvalue weighted by atomic mass is 32.1. The molecule has 0 saturated carbocycles. The Labute approximate surface area is 150 Å². The number of thiazole rings is 1. The smallest absolute Gasteiger partial charge is 0.281 e. The minimum atomic E-state index is -2.56. The van der Waals surface area contributed by atoms with Gasteiger partial charge < -0.3 is 9.15 Å². The van der Waals surface area contributed by atoms with Gasteiger partial charge in [0.1, 0.15) is 11.3 Å². The number of furan rings is 1. The number of aromatic nitrogens is 2. The number of nitrogens with zero attached hydrogens (tertiary/aromatic N) is 3. The van der Waals surface area contributed by atoms with Gasteiger partial charge in [0.05, 0.1) is 24.1 Å². The fourth-order valence-corrected chi connectivity index (χ4v) is 3.90. The molecule has 5 nitrogen and oxygen atoms in total. The van der Waals surface area contributed by atoms with Crippen molar-refractivity contribution in [2.45, 2.75) is 12.5 Å². The zero-order chi connectivity index (χ0) is 17.7. The number of rotatable bonds is 4. The Morgan fingerprint density at radius 1 is 1.27 bits per heavy atom. The molecule has 1 saturated heterocycles. The second-order valence-electron chi connectivity index (χ2n) is 6.33. The second kappa shape index (κ2) is 5.72. The van der Waals surface area contributed by atoms with Gasteiger partial charge >= 0.3 is 0 Å². The molecular formula is C18H13F2N3O2S. The van der Waals surface area contributed by atoms with E-state index in [1.54, 1.807) is 23.4 Å². The van der Waals surface area contributed by atoms with Gasteiger partial charge in [0, 0.05) is 29.8 Å². The van der Waals surface area contributed by atoms with E-state index in [1.807, 2.05) is 24.3 Å². The summed E-state index contributed by atoms with van der Waals surface area (Å²) in [6.45, 7) is 0.0470. The molecule has 4 aromatic rings. The van der Waals surface area contributed by atoms with Crippen molar-refractivity contribution >= 4 is 32.7 Å². The van der Waals surface area contributed by atoms with Crippen LogP contribution in [-0.4, -0.2) is 33.9 Å². The van der Waals surface area contributed by atoms with Crippen molar-refractivity contribution in [3.8, 4) is 10.9 Å². The highest BCUT2D eigenvalue weighted by Crippen LogP contribution is 2.34. The molecule has 8 heteroatoms. The highest BCUT2D eigenvalue weighted by Gasteiger charge is 2.43. The molecule has 0 N–H and O–H groups in total. The number of fused-ring (bicyclic) bond motifs is 2. The summed E-state index contributed by atoms with van der Waals surface area (Å²) in [5.74, 6) is -1.96. The summed E-state index contributed by atoms with van der Waals surface area (Å²) in [6.07, 6.45) is 3.31. The molecule has 5 rings (SSSR count). The van der Waals surface area contributed by atoms with Crippen LogP contribution in [0.2, 0.25) is 0 Å². The monoisotopic (exact) mass is 373 g/mol. The SMILES string of the molecule is FC1(F)CN(Cc2coc3cc(Oc4nc5ncccc5s4)ccc23)C1. The second-order valence-corrected chi connectivity index (χ2v) is 7.32. The maximum absolute atomic E-state index is 13.0. The summed E-state index contributed by atoms with van der Waals surface area (Å²) in [7, 11) is 0. The zero-order valence-electron chi connectivity index (χ0n) is 13.5. The van der Waals surface area contributed by atoms with E-state index >= 15 is 0 Å². The van der Waals surface area contributed by atoms with Gasteiger partial charge in [-0.25, -0.2) is 13.8 Å². The predicted molar refractivity (Wildman–Crippen MR) is 93.9 cm³/mol. The number of pyridine rings is 1. The van der Waals surface area contributed by atoms with Gasteiger partial charge in [0.15, 0.2) is 5.65 Å². The standard InChI is InChI=1S/C18H13F2N3O2S/c19-18(20)9-23(10-18)7-11-8-24-14-6-12(3-4-13(11)14)25-17-22-16-15(26-17)2-1-5-21-16/h1-6,8H,7,9-10H2. The van der Waals surface area contributed by atoms with Crippen molar-refractivity contribution < 1.29 is 17.9 Å². The van der Waals surface area contributed by atoms with Crippen molar-refractivity contribution in [2.24, 2.45) is 0 Å². The zero-order valence-corrected chi connectivity index (χ0v) is 14.3. The van der Waals surface area contributed by atoms with Crippen LogP contribution in [0.4, 0.5) is 8.78 Å². The Hall–Kier alpha value is -2.58. The minimum Gasteiger partial charge on any atom is -0.464 e. The first-order chi connectivity index (χ1) is 12.6. The topological polar surface area (TPSA) is 51.4 Å². The summed E-state index contributed by atoms with van der Waals surface area (Å²) in [6, 6.07) is 9.28. The lowest BCUT2D eigenvalue weighted by Gasteiger charge is -2.38. The summed E-state index contributed by atoms with van der Waals surface area (Å²) < 4.78 is 38.3. The number of hydrogen-bond donors (Lipinski definition) is 0. The van der Waals surface area contributed by atoms with E-state index in [0.717, 1.165) is 15.6 Å². The molecule has 132 valence electrons. The first-order valence-corrected chi connectivity index (χ1v) is 8.87. The van der Waals surface area contributed by atoms with E-state index in [2.05, 4.69) is 9.97 Å². The summed E-state index contributed by atoms with van der Waals surface area (Å²) in [4.78, 5) is 10.2. The fraction of sp³-hybridized carbons (Fsp3) is 0.222. The maximum atomic E-state index is 13.0. The largest absolute Gasteiger partial charge is 0.464 e. The summed E-state index contributed by atoms with van der Waals surface area (Å²) in [5, 5.41) is 1.41. The lowest BCUT2D eigenvalue weighted by Crippen LogP contribution is -2.55. The molecule has 0 spiro atoms. The van der Waals surface area contributed by atoms with Crippen LogP contribution >= 0.6 is 11.3 Å². The Balaban J connectivity index is 1.36. The van der Waals surface area contributed by atoms with Crippen LogP contribution in [0.1, 0.15) is 5.56 Å². The minimum absolute atomic E-state index is 0.202. The average Bonchev–Trinajstić information content (AvgIpc) is 3.16. The highest BCUT2D eigenvalue weighted by molar-refractivity contribution is 7.20. The third-order valence-electron chi connectivity index (χ3n) is 4.28. The van der Waals surface area contributed by atoms with Gasteiger partial charge in [-0.1, -0.05) is 11.3 Å². The van der Waals surface area contributed by atoms with E-state index in [9.17, 15) is 8.78 Å². The molecule has 0 atom stereocenters. The van der Waals surface area contributed by atoms with Crippen LogP contribution < -0.4 is 4.74 Å². The maximum Gasteiger partial charge on any atom is 0.281 e. The van der Waals surface area contributed by atoms with E-state index in [1.165, 1.54) is 11.3 Å². The van der Waals surface area contributed by atoms with Crippen LogP contribution in [-0.2, 0) is 6.54 Å². The molecular weight excluding hydrogens is 360 g/mol. The number of alkyl halides is 2. The summed E-state index contributed by atoms with van der Waals surface area (Å²) in [5.41, 5.74) is 2.20.